The number of carbonyl (C=O) groups excluding carboxylic acids is 1. The third kappa shape index (κ3) is 4.18. The van der Waals surface area contributed by atoms with Gasteiger partial charge in [-0.05, 0) is 49.2 Å². The van der Waals surface area contributed by atoms with E-state index in [1.807, 2.05) is 47.3 Å². The van der Waals surface area contributed by atoms with Crippen LogP contribution < -0.4 is 5.32 Å². The van der Waals surface area contributed by atoms with Gasteiger partial charge < -0.3 is 10.4 Å². The summed E-state index contributed by atoms with van der Waals surface area (Å²) in [6.07, 6.45) is 1.85. The fraction of sp³-hybridized carbons (Fsp3) is 0.238. The lowest BCUT2D eigenvalue weighted by atomic mass is 10.1. The van der Waals surface area contributed by atoms with E-state index < -0.39 is 0 Å². The lowest BCUT2D eigenvalue weighted by Gasteiger charge is -2.23. The molecule has 1 aliphatic rings. The molecule has 0 saturated carbocycles. The minimum Gasteiger partial charge on any atom is -0.508 e. The van der Waals surface area contributed by atoms with Crippen molar-refractivity contribution in [3.63, 3.8) is 0 Å². The summed E-state index contributed by atoms with van der Waals surface area (Å²) < 4.78 is 0. The number of nitrogens with one attached hydrogen (secondary N) is 1. The van der Waals surface area contributed by atoms with E-state index >= 15 is 0 Å². The number of rotatable bonds is 5. The van der Waals surface area contributed by atoms with Crippen molar-refractivity contribution in [1.29, 1.82) is 0 Å². The van der Waals surface area contributed by atoms with E-state index in [-0.39, 0.29) is 17.7 Å². The largest absolute Gasteiger partial charge is 0.508 e. The molecule has 2 heterocycles. The highest BCUT2D eigenvalue weighted by atomic mass is 32.1. The van der Waals surface area contributed by atoms with Crippen LogP contribution in [0.1, 0.15) is 18.4 Å². The van der Waals surface area contributed by atoms with Gasteiger partial charge >= 0.3 is 0 Å². The molecule has 3 aromatic rings. The Bertz CT molecular complexity index is 909. The number of carbonyl (C=O) groups is 1. The molecule has 2 N–H and O–H groups in total. The lowest BCUT2D eigenvalue weighted by molar-refractivity contribution is -0.120. The van der Waals surface area contributed by atoms with Crippen LogP contribution in [0.25, 0.3) is 11.3 Å². The number of aromatic hydroxyl groups is 1. The number of amides is 1. The number of phenolic OH excluding ortho intramolecular Hbond substituents is 1. The average molecular weight is 379 g/mol. The van der Waals surface area contributed by atoms with Crippen LogP contribution in [0.2, 0.25) is 0 Å². The maximum absolute atomic E-state index is 12.8. The zero-order valence-corrected chi connectivity index (χ0v) is 15.7. The molecule has 0 radical (unpaired) electrons. The SMILES string of the molecule is O=C(Nc1ccc(-c2cscn2)cc1)[C@@H]1CCCN1Cc1cccc(O)c1. The quantitative estimate of drug-likeness (QED) is 0.700. The highest BCUT2D eigenvalue weighted by molar-refractivity contribution is 7.07. The van der Waals surface area contributed by atoms with E-state index in [1.54, 1.807) is 23.5 Å². The number of nitrogens with zero attached hydrogens (tertiary/aromatic N) is 2. The van der Waals surface area contributed by atoms with Gasteiger partial charge in [0.05, 0.1) is 17.2 Å². The molecule has 1 fully saturated rings. The van der Waals surface area contributed by atoms with Crippen molar-refractivity contribution in [2.45, 2.75) is 25.4 Å². The van der Waals surface area contributed by atoms with Gasteiger partial charge in [-0.1, -0.05) is 24.3 Å². The molecule has 1 atom stereocenters. The van der Waals surface area contributed by atoms with Crippen LogP contribution in [0, 0.1) is 0 Å². The van der Waals surface area contributed by atoms with Crippen LogP contribution in [0.5, 0.6) is 5.75 Å². The Morgan fingerprint density at radius 1 is 1.26 bits per heavy atom. The first-order valence-corrected chi connectivity index (χ1v) is 9.95. The molecule has 0 unspecified atom stereocenters. The van der Waals surface area contributed by atoms with Gasteiger partial charge in [0.15, 0.2) is 0 Å². The summed E-state index contributed by atoms with van der Waals surface area (Å²) in [5.41, 5.74) is 5.61. The average Bonchev–Trinajstić information content (AvgIpc) is 3.34. The molecule has 6 heteroatoms. The topological polar surface area (TPSA) is 65.5 Å². The second kappa shape index (κ2) is 7.90. The van der Waals surface area contributed by atoms with Crippen molar-refractivity contribution in [1.82, 2.24) is 9.88 Å². The van der Waals surface area contributed by atoms with Gasteiger partial charge in [0, 0.05) is 23.2 Å². The van der Waals surface area contributed by atoms with Gasteiger partial charge in [0.2, 0.25) is 5.91 Å². The number of anilines is 1. The minimum absolute atomic E-state index is 0.0223. The van der Waals surface area contributed by atoms with Crippen LogP contribution >= 0.6 is 11.3 Å². The van der Waals surface area contributed by atoms with Crippen LogP contribution in [-0.4, -0.2) is 33.5 Å². The van der Waals surface area contributed by atoms with Crippen molar-refractivity contribution in [2.75, 3.05) is 11.9 Å². The lowest BCUT2D eigenvalue weighted by Crippen LogP contribution is -2.39. The summed E-state index contributed by atoms with van der Waals surface area (Å²) in [7, 11) is 0. The number of benzene rings is 2. The van der Waals surface area contributed by atoms with Gasteiger partial charge in [0.25, 0.3) is 0 Å². The Kier molecular flexibility index (Phi) is 5.18. The molecule has 5 nitrogen and oxygen atoms in total. The molecule has 1 saturated heterocycles. The Labute approximate surface area is 162 Å². The smallest absolute Gasteiger partial charge is 0.241 e. The van der Waals surface area contributed by atoms with Crippen LogP contribution in [0.3, 0.4) is 0 Å². The maximum Gasteiger partial charge on any atom is 0.241 e. The second-order valence-corrected chi connectivity index (χ2v) is 7.46. The first-order chi connectivity index (χ1) is 13.2. The van der Waals surface area contributed by atoms with Gasteiger partial charge in [-0.2, -0.15) is 0 Å². The summed E-state index contributed by atoms with van der Waals surface area (Å²) in [6, 6.07) is 14.9. The number of phenols is 1. The highest BCUT2D eigenvalue weighted by Gasteiger charge is 2.30. The van der Waals surface area contributed by atoms with Crippen molar-refractivity contribution >= 4 is 22.9 Å². The van der Waals surface area contributed by atoms with Gasteiger partial charge in [-0.25, -0.2) is 4.98 Å². The first-order valence-electron chi connectivity index (χ1n) is 9.00. The first kappa shape index (κ1) is 17.7. The highest BCUT2D eigenvalue weighted by Crippen LogP contribution is 2.24. The van der Waals surface area contributed by atoms with E-state index in [9.17, 15) is 9.90 Å². The zero-order valence-electron chi connectivity index (χ0n) is 14.8. The summed E-state index contributed by atoms with van der Waals surface area (Å²) in [6.45, 7) is 1.55. The van der Waals surface area contributed by atoms with Gasteiger partial charge in [-0.3, -0.25) is 9.69 Å². The van der Waals surface area contributed by atoms with Crippen molar-refractivity contribution in [3.8, 4) is 17.0 Å². The molecular weight excluding hydrogens is 358 g/mol. The third-order valence-corrected chi connectivity index (χ3v) is 5.43. The monoisotopic (exact) mass is 379 g/mol. The Balaban J connectivity index is 1.41. The van der Waals surface area contributed by atoms with Crippen molar-refractivity contribution in [2.24, 2.45) is 0 Å². The number of aromatic nitrogens is 1. The molecule has 0 aliphatic carbocycles. The summed E-state index contributed by atoms with van der Waals surface area (Å²) in [5, 5.41) is 14.7. The number of thiazole rings is 1. The second-order valence-electron chi connectivity index (χ2n) is 6.74. The van der Waals surface area contributed by atoms with Crippen molar-refractivity contribution in [3.05, 3.63) is 65.0 Å². The Morgan fingerprint density at radius 3 is 2.85 bits per heavy atom. The molecule has 4 rings (SSSR count). The minimum atomic E-state index is -0.148. The van der Waals surface area contributed by atoms with Gasteiger partial charge in [-0.15, -0.1) is 11.3 Å². The molecule has 0 spiro atoms. The molecule has 2 aromatic carbocycles. The maximum atomic E-state index is 12.8. The fourth-order valence-electron chi connectivity index (χ4n) is 3.51. The number of likely N-dealkylation sites (tertiary alicyclic amines) is 1. The zero-order chi connectivity index (χ0) is 18.6. The molecule has 27 heavy (non-hydrogen) atoms. The molecule has 1 amide bonds. The normalized spacial score (nSPS) is 17.1. The standard InChI is InChI=1S/C21H21N3O2S/c25-18-4-1-3-15(11-18)12-24-10-2-5-20(24)21(26)23-17-8-6-16(7-9-17)19-13-27-14-22-19/h1,3-4,6-9,11,13-14,20,25H,2,5,10,12H2,(H,23,26)/t20-/m0/s1. The molecule has 0 bridgehead atoms. The van der Waals surface area contributed by atoms with Crippen LogP contribution in [-0.2, 0) is 11.3 Å². The number of hydrogen-bond acceptors (Lipinski definition) is 5. The summed E-state index contributed by atoms with van der Waals surface area (Å²) in [5.74, 6) is 0.280. The molecule has 1 aromatic heterocycles. The Morgan fingerprint density at radius 2 is 2.11 bits per heavy atom. The predicted octanol–water partition coefficient (Wildman–Crippen LogP) is 4.12. The number of hydrogen-bond donors (Lipinski definition) is 2. The summed E-state index contributed by atoms with van der Waals surface area (Å²) in [4.78, 5) is 19.3. The van der Waals surface area contributed by atoms with Crippen LogP contribution in [0.4, 0.5) is 5.69 Å². The van der Waals surface area contributed by atoms with E-state index in [4.69, 9.17) is 0 Å². The molecule has 1 aliphatic heterocycles. The fourth-order valence-corrected chi connectivity index (χ4v) is 4.07. The van der Waals surface area contributed by atoms with E-state index in [2.05, 4.69) is 15.2 Å². The van der Waals surface area contributed by atoms with E-state index in [1.165, 1.54) is 0 Å². The van der Waals surface area contributed by atoms with Crippen molar-refractivity contribution < 1.29 is 9.90 Å². The Hall–Kier alpha value is -2.70. The van der Waals surface area contributed by atoms with Crippen LogP contribution in [0.15, 0.2) is 59.4 Å². The predicted molar refractivity (Wildman–Crippen MR) is 108 cm³/mol. The third-order valence-electron chi connectivity index (χ3n) is 4.84. The van der Waals surface area contributed by atoms with E-state index in [0.717, 1.165) is 41.9 Å². The molecule has 138 valence electrons. The molecular formula is C21H21N3O2S. The van der Waals surface area contributed by atoms with E-state index in [0.29, 0.717) is 6.54 Å². The van der Waals surface area contributed by atoms with Gasteiger partial charge in [0.1, 0.15) is 5.75 Å². The summed E-state index contributed by atoms with van der Waals surface area (Å²) >= 11 is 1.57.